The van der Waals surface area contributed by atoms with Crippen molar-refractivity contribution >= 4 is 17.5 Å². The molecular weight excluding hydrogens is 242 g/mol. The van der Waals surface area contributed by atoms with Gasteiger partial charge in [0.25, 0.3) is 0 Å². The number of carbonyl (C=O) groups is 1. The average Bonchev–Trinajstić information content (AvgIpc) is 3.16. The van der Waals surface area contributed by atoms with Gasteiger partial charge in [-0.1, -0.05) is 12.8 Å². The van der Waals surface area contributed by atoms with Gasteiger partial charge in [-0.05, 0) is 32.3 Å². The first-order valence-electron chi connectivity index (χ1n) is 6.80. The summed E-state index contributed by atoms with van der Waals surface area (Å²) in [6.07, 6.45) is 5.33. The number of nitrogens with one attached hydrogen (secondary N) is 1. The number of pyridine rings is 1. The topological polar surface area (TPSA) is 77.2 Å². The molecule has 0 radical (unpaired) electrons. The molecule has 1 aliphatic carbocycles. The fourth-order valence-corrected chi connectivity index (χ4v) is 2.12. The van der Waals surface area contributed by atoms with Gasteiger partial charge in [0.15, 0.2) is 0 Å². The highest BCUT2D eigenvalue weighted by molar-refractivity contribution is 5.97. The van der Waals surface area contributed by atoms with Crippen molar-refractivity contribution in [3.8, 4) is 0 Å². The van der Waals surface area contributed by atoms with Crippen molar-refractivity contribution in [3.05, 3.63) is 17.8 Å². The maximum Gasteiger partial charge on any atom is 0.340 e. The van der Waals surface area contributed by atoms with Crippen molar-refractivity contribution in [2.45, 2.75) is 39.2 Å². The molecule has 2 rings (SSSR count). The van der Waals surface area contributed by atoms with Crippen molar-refractivity contribution in [3.63, 3.8) is 0 Å². The lowest BCUT2D eigenvalue weighted by atomic mass is 10.1. The maximum absolute atomic E-state index is 11.7. The number of hydrogen-bond donors (Lipinski definition) is 2. The maximum atomic E-state index is 11.7. The summed E-state index contributed by atoms with van der Waals surface area (Å²) in [4.78, 5) is 15.9. The molecule has 3 N–H and O–H groups in total. The van der Waals surface area contributed by atoms with Crippen molar-refractivity contribution < 1.29 is 9.53 Å². The lowest BCUT2D eigenvalue weighted by Gasteiger charge is -2.16. The monoisotopic (exact) mass is 263 g/mol. The normalized spacial score (nSPS) is 15.9. The van der Waals surface area contributed by atoms with E-state index in [4.69, 9.17) is 10.5 Å². The largest absolute Gasteiger partial charge is 0.462 e. The van der Waals surface area contributed by atoms with E-state index in [1.165, 1.54) is 12.8 Å². The van der Waals surface area contributed by atoms with Crippen LogP contribution in [0.1, 0.15) is 43.5 Å². The van der Waals surface area contributed by atoms with Gasteiger partial charge in [0.1, 0.15) is 5.82 Å². The van der Waals surface area contributed by atoms with Crippen molar-refractivity contribution in [2.24, 2.45) is 5.92 Å². The van der Waals surface area contributed by atoms with Gasteiger partial charge in [-0.2, -0.15) is 0 Å². The minimum absolute atomic E-state index is 0.305. The molecule has 5 nitrogen and oxygen atoms in total. The fraction of sp³-hybridized carbons (Fsp3) is 0.571. The van der Waals surface area contributed by atoms with Gasteiger partial charge in [0, 0.05) is 12.2 Å². The first-order valence-corrected chi connectivity index (χ1v) is 6.80. The zero-order valence-corrected chi connectivity index (χ0v) is 11.5. The molecule has 0 saturated heterocycles. The second-order valence-electron chi connectivity index (χ2n) is 5.07. The van der Waals surface area contributed by atoms with Crippen molar-refractivity contribution in [2.75, 3.05) is 17.7 Å². The smallest absolute Gasteiger partial charge is 0.340 e. The van der Waals surface area contributed by atoms with Crippen LogP contribution in [0.2, 0.25) is 0 Å². The van der Waals surface area contributed by atoms with Crippen LogP contribution in [0, 0.1) is 5.92 Å². The van der Waals surface area contributed by atoms with Gasteiger partial charge in [0.2, 0.25) is 0 Å². The SMILES string of the molecule is CCOC(=O)c1ccnc(NC(C)CC2CC2)c1N. The molecule has 1 aromatic rings. The summed E-state index contributed by atoms with van der Waals surface area (Å²) in [5.41, 5.74) is 6.72. The highest BCUT2D eigenvalue weighted by Crippen LogP contribution is 2.34. The van der Waals surface area contributed by atoms with E-state index in [0.717, 1.165) is 12.3 Å². The predicted molar refractivity (Wildman–Crippen MR) is 75.0 cm³/mol. The Morgan fingerprint density at radius 1 is 1.63 bits per heavy atom. The van der Waals surface area contributed by atoms with E-state index >= 15 is 0 Å². The van der Waals surface area contributed by atoms with Crippen LogP contribution in [-0.2, 0) is 4.74 Å². The van der Waals surface area contributed by atoms with Crippen LogP contribution in [-0.4, -0.2) is 23.6 Å². The lowest BCUT2D eigenvalue weighted by molar-refractivity contribution is 0.0527. The molecule has 1 aromatic heterocycles. The third-order valence-electron chi connectivity index (χ3n) is 3.25. The summed E-state index contributed by atoms with van der Waals surface area (Å²) in [7, 11) is 0. The van der Waals surface area contributed by atoms with Gasteiger partial charge in [-0.15, -0.1) is 0 Å². The van der Waals surface area contributed by atoms with E-state index in [1.807, 2.05) is 0 Å². The number of rotatable bonds is 6. The number of anilines is 2. The van der Waals surface area contributed by atoms with E-state index in [2.05, 4.69) is 17.2 Å². The van der Waals surface area contributed by atoms with Crippen molar-refractivity contribution in [1.82, 2.24) is 4.98 Å². The van der Waals surface area contributed by atoms with Crippen LogP contribution in [0.25, 0.3) is 0 Å². The number of aromatic nitrogens is 1. The number of esters is 1. The van der Waals surface area contributed by atoms with Crippen LogP contribution < -0.4 is 11.1 Å². The molecule has 0 bridgehead atoms. The lowest BCUT2D eigenvalue weighted by Crippen LogP contribution is -2.19. The standard InChI is InChI=1S/C14H21N3O2/c1-3-19-14(18)11-6-7-16-13(12(11)15)17-9(2)8-10-4-5-10/h6-7,9-10H,3-5,8,15H2,1-2H3,(H,16,17). The number of carbonyl (C=O) groups excluding carboxylic acids is 1. The van der Waals surface area contributed by atoms with E-state index in [9.17, 15) is 4.79 Å². The second kappa shape index (κ2) is 5.91. The molecule has 1 heterocycles. The van der Waals surface area contributed by atoms with Crippen LogP contribution in [0.5, 0.6) is 0 Å². The number of ether oxygens (including phenoxy) is 1. The molecule has 1 atom stereocenters. The molecule has 5 heteroatoms. The Balaban J connectivity index is 2.07. The third-order valence-corrected chi connectivity index (χ3v) is 3.25. The van der Waals surface area contributed by atoms with Crippen LogP contribution >= 0.6 is 0 Å². The highest BCUT2D eigenvalue weighted by Gasteiger charge is 2.24. The summed E-state index contributed by atoms with van der Waals surface area (Å²) in [5.74, 6) is 0.996. The quantitative estimate of drug-likeness (QED) is 0.771. The van der Waals surface area contributed by atoms with Crippen molar-refractivity contribution in [1.29, 1.82) is 0 Å². The Morgan fingerprint density at radius 2 is 2.37 bits per heavy atom. The number of nitrogens with zero attached hydrogens (tertiary/aromatic N) is 1. The minimum Gasteiger partial charge on any atom is -0.462 e. The van der Waals surface area contributed by atoms with E-state index < -0.39 is 5.97 Å². The van der Waals surface area contributed by atoms with Gasteiger partial charge in [-0.25, -0.2) is 9.78 Å². The van der Waals surface area contributed by atoms with Crippen LogP contribution in [0.3, 0.4) is 0 Å². The molecule has 1 aliphatic rings. The first kappa shape index (κ1) is 13.6. The average molecular weight is 263 g/mol. The summed E-state index contributed by atoms with van der Waals surface area (Å²) in [5, 5.41) is 3.27. The summed E-state index contributed by atoms with van der Waals surface area (Å²) < 4.78 is 4.97. The molecule has 0 spiro atoms. The molecule has 104 valence electrons. The zero-order valence-electron chi connectivity index (χ0n) is 11.5. The number of hydrogen-bond acceptors (Lipinski definition) is 5. The second-order valence-corrected chi connectivity index (χ2v) is 5.07. The van der Waals surface area contributed by atoms with Gasteiger partial charge < -0.3 is 15.8 Å². The first-order chi connectivity index (χ1) is 9.11. The molecule has 0 aromatic carbocycles. The molecule has 0 aliphatic heterocycles. The summed E-state index contributed by atoms with van der Waals surface area (Å²) in [6, 6.07) is 1.89. The van der Waals surface area contributed by atoms with E-state index in [0.29, 0.717) is 29.7 Å². The Morgan fingerprint density at radius 3 is 3.00 bits per heavy atom. The predicted octanol–water partition coefficient (Wildman–Crippen LogP) is 2.44. The molecule has 0 amide bonds. The molecule has 1 saturated carbocycles. The summed E-state index contributed by atoms with van der Waals surface area (Å²) >= 11 is 0. The van der Waals surface area contributed by atoms with Gasteiger partial charge in [-0.3, -0.25) is 0 Å². The molecular formula is C14H21N3O2. The van der Waals surface area contributed by atoms with Crippen LogP contribution in [0.15, 0.2) is 12.3 Å². The Hall–Kier alpha value is -1.78. The van der Waals surface area contributed by atoms with E-state index in [-0.39, 0.29) is 0 Å². The van der Waals surface area contributed by atoms with Gasteiger partial charge >= 0.3 is 5.97 Å². The third kappa shape index (κ3) is 3.59. The van der Waals surface area contributed by atoms with Gasteiger partial charge in [0.05, 0.1) is 17.9 Å². The summed E-state index contributed by atoms with van der Waals surface area (Å²) in [6.45, 7) is 4.21. The zero-order chi connectivity index (χ0) is 13.8. The minimum atomic E-state index is -0.403. The Bertz CT molecular complexity index is 458. The number of nitrogen functional groups attached to an aromatic ring is 1. The number of nitrogens with two attached hydrogens (primary N) is 1. The Labute approximate surface area is 113 Å². The Kier molecular flexibility index (Phi) is 4.24. The molecule has 1 fully saturated rings. The molecule has 19 heavy (non-hydrogen) atoms. The van der Waals surface area contributed by atoms with E-state index in [1.54, 1.807) is 19.2 Å². The highest BCUT2D eigenvalue weighted by atomic mass is 16.5. The molecule has 1 unspecified atom stereocenters. The van der Waals surface area contributed by atoms with Crippen LogP contribution in [0.4, 0.5) is 11.5 Å². The fourth-order valence-electron chi connectivity index (χ4n) is 2.12.